The van der Waals surface area contributed by atoms with Gasteiger partial charge < -0.3 is 14.0 Å². The number of benzene rings is 1. The molecule has 0 bridgehead atoms. The number of aromatic nitrogens is 4. The minimum absolute atomic E-state index is 0.165. The molecular formula is C18H20N4O3. The van der Waals surface area contributed by atoms with Crippen LogP contribution < -0.4 is 4.74 Å². The fourth-order valence-electron chi connectivity index (χ4n) is 3.12. The third-order valence-corrected chi connectivity index (χ3v) is 4.44. The highest BCUT2D eigenvalue weighted by molar-refractivity contribution is 5.28. The zero-order valence-electron chi connectivity index (χ0n) is 14.0. The van der Waals surface area contributed by atoms with Gasteiger partial charge >= 0.3 is 0 Å². The number of rotatable bonds is 6. The maximum absolute atomic E-state index is 5.84. The quantitative estimate of drug-likeness (QED) is 0.687. The Hall–Kier alpha value is -2.67. The highest BCUT2D eigenvalue weighted by Crippen LogP contribution is 2.34. The van der Waals surface area contributed by atoms with Gasteiger partial charge in [-0.25, -0.2) is 0 Å². The molecule has 0 amide bonds. The van der Waals surface area contributed by atoms with Crippen LogP contribution >= 0.6 is 0 Å². The van der Waals surface area contributed by atoms with Gasteiger partial charge in [-0.3, -0.25) is 4.68 Å². The largest absolute Gasteiger partial charge is 0.497 e. The fourth-order valence-corrected chi connectivity index (χ4v) is 3.12. The second-order valence-corrected chi connectivity index (χ2v) is 6.14. The molecule has 7 heteroatoms. The van der Waals surface area contributed by atoms with Crippen molar-refractivity contribution in [2.24, 2.45) is 5.92 Å². The first-order valence-corrected chi connectivity index (χ1v) is 8.36. The lowest BCUT2D eigenvalue weighted by atomic mass is 10.0. The van der Waals surface area contributed by atoms with Gasteiger partial charge in [0.25, 0.3) is 5.89 Å². The normalized spacial score (nSPS) is 20.0. The van der Waals surface area contributed by atoms with Crippen molar-refractivity contribution in [3.05, 3.63) is 60.0 Å². The molecule has 1 aromatic carbocycles. The summed E-state index contributed by atoms with van der Waals surface area (Å²) in [5.41, 5.74) is 1.11. The lowest BCUT2D eigenvalue weighted by Gasteiger charge is -2.14. The van der Waals surface area contributed by atoms with Gasteiger partial charge in [-0.2, -0.15) is 10.1 Å². The van der Waals surface area contributed by atoms with Crippen molar-refractivity contribution < 1.29 is 14.0 Å². The summed E-state index contributed by atoms with van der Waals surface area (Å²) in [6.45, 7) is 1.49. The molecule has 130 valence electrons. The van der Waals surface area contributed by atoms with Crippen LogP contribution in [0.2, 0.25) is 0 Å². The maximum atomic E-state index is 5.84. The minimum Gasteiger partial charge on any atom is -0.497 e. The number of hydrogen-bond donors (Lipinski definition) is 0. The van der Waals surface area contributed by atoms with Crippen LogP contribution in [-0.4, -0.2) is 33.6 Å². The van der Waals surface area contributed by atoms with E-state index in [0.717, 1.165) is 24.3 Å². The van der Waals surface area contributed by atoms with Crippen LogP contribution in [0.25, 0.3) is 0 Å². The van der Waals surface area contributed by atoms with E-state index in [-0.39, 0.29) is 12.0 Å². The highest BCUT2D eigenvalue weighted by Gasteiger charge is 2.34. The van der Waals surface area contributed by atoms with Crippen LogP contribution in [-0.2, 0) is 17.7 Å². The SMILES string of the molecule is COc1ccc(Cc2noc([C@H]3OCC[C@H]3Cn3cccn3)n2)cc1. The van der Waals surface area contributed by atoms with Gasteiger partial charge in [-0.05, 0) is 30.2 Å². The predicted octanol–water partition coefficient (Wildman–Crippen LogP) is 2.64. The predicted molar refractivity (Wildman–Crippen MR) is 89.1 cm³/mol. The van der Waals surface area contributed by atoms with Gasteiger partial charge in [0.2, 0.25) is 0 Å². The number of ether oxygens (including phenoxy) is 2. The van der Waals surface area contributed by atoms with Gasteiger partial charge in [0, 0.05) is 37.9 Å². The van der Waals surface area contributed by atoms with Gasteiger partial charge in [0.05, 0.1) is 7.11 Å². The molecule has 2 atom stereocenters. The van der Waals surface area contributed by atoms with Crippen LogP contribution in [0.5, 0.6) is 5.75 Å². The first kappa shape index (κ1) is 15.8. The van der Waals surface area contributed by atoms with Crippen LogP contribution in [0.1, 0.15) is 29.8 Å². The summed E-state index contributed by atoms with van der Waals surface area (Å²) in [5.74, 6) is 2.33. The lowest BCUT2D eigenvalue weighted by molar-refractivity contribution is 0.0578. The molecule has 1 saturated heterocycles. The third-order valence-electron chi connectivity index (χ3n) is 4.44. The van der Waals surface area contributed by atoms with E-state index in [0.29, 0.717) is 24.7 Å². The van der Waals surface area contributed by atoms with Crippen LogP contribution in [0.4, 0.5) is 0 Å². The van der Waals surface area contributed by atoms with Crippen molar-refractivity contribution in [3.63, 3.8) is 0 Å². The maximum Gasteiger partial charge on any atom is 0.256 e. The van der Waals surface area contributed by atoms with Gasteiger partial charge in [-0.1, -0.05) is 17.3 Å². The molecule has 2 aromatic heterocycles. The number of nitrogens with zero attached hydrogens (tertiary/aromatic N) is 4. The Balaban J connectivity index is 1.44. The Morgan fingerprint density at radius 1 is 1.28 bits per heavy atom. The number of hydrogen-bond acceptors (Lipinski definition) is 6. The average Bonchev–Trinajstić information content (AvgIpc) is 3.38. The van der Waals surface area contributed by atoms with Crippen molar-refractivity contribution >= 4 is 0 Å². The molecule has 0 saturated carbocycles. The Kier molecular flexibility index (Phi) is 4.47. The molecule has 4 rings (SSSR count). The molecule has 0 aliphatic carbocycles. The molecule has 0 N–H and O–H groups in total. The van der Waals surface area contributed by atoms with E-state index in [1.54, 1.807) is 13.3 Å². The summed E-state index contributed by atoms with van der Waals surface area (Å²) in [5, 5.41) is 8.38. The first-order chi connectivity index (χ1) is 12.3. The van der Waals surface area contributed by atoms with E-state index < -0.39 is 0 Å². The van der Waals surface area contributed by atoms with Crippen molar-refractivity contribution in [3.8, 4) is 5.75 Å². The Labute approximate surface area is 145 Å². The Morgan fingerprint density at radius 3 is 2.92 bits per heavy atom. The Bertz CT molecular complexity index is 798. The third kappa shape index (κ3) is 3.56. The molecule has 1 fully saturated rings. The van der Waals surface area contributed by atoms with Crippen molar-refractivity contribution in [1.82, 2.24) is 19.9 Å². The molecule has 0 radical (unpaired) electrons. The molecule has 7 nitrogen and oxygen atoms in total. The average molecular weight is 340 g/mol. The van der Waals surface area contributed by atoms with E-state index in [2.05, 4.69) is 15.2 Å². The summed E-state index contributed by atoms with van der Waals surface area (Å²) in [4.78, 5) is 4.55. The van der Waals surface area contributed by atoms with E-state index in [4.69, 9.17) is 14.0 Å². The fraction of sp³-hybridized carbons (Fsp3) is 0.389. The van der Waals surface area contributed by atoms with Crippen molar-refractivity contribution in [1.29, 1.82) is 0 Å². The zero-order valence-corrected chi connectivity index (χ0v) is 14.0. The van der Waals surface area contributed by atoms with E-state index in [9.17, 15) is 0 Å². The summed E-state index contributed by atoms with van der Waals surface area (Å²) in [7, 11) is 1.65. The molecule has 1 aliphatic heterocycles. The highest BCUT2D eigenvalue weighted by atomic mass is 16.5. The first-order valence-electron chi connectivity index (χ1n) is 8.36. The van der Waals surface area contributed by atoms with Crippen molar-refractivity contribution in [2.75, 3.05) is 13.7 Å². The van der Waals surface area contributed by atoms with E-state index in [1.165, 1.54) is 0 Å². The molecule has 0 unspecified atom stereocenters. The topological polar surface area (TPSA) is 75.2 Å². The summed E-state index contributed by atoms with van der Waals surface area (Å²) in [6.07, 6.45) is 5.15. The molecule has 3 heterocycles. The molecular weight excluding hydrogens is 320 g/mol. The lowest BCUT2D eigenvalue weighted by Crippen LogP contribution is -2.15. The smallest absolute Gasteiger partial charge is 0.256 e. The van der Waals surface area contributed by atoms with Gasteiger partial charge in [-0.15, -0.1) is 0 Å². The van der Waals surface area contributed by atoms with Crippen molar-refractivity contribution in [2.45, 2.75) is 25.5 Å². The standard InChI is InChI=1S/C18H20N4O3/c1-23-15-5-3-13(4-6-15)11-16-20-18(25-21-16)17-14(7-10-24-17)12-22-9-2-8-19-22/h2-6,8-9,14,17H,7,10-12H2,1H3/t14-,17-/m0/s1. The van der Waals surface area contributed by atoms with Crippen LogP contribution in [0.15, 0.2) is 47.2 Å². The summed E-state index contributed by atoms with van der Waals surface area (Å²) in [6, 6.07) is 9.78. The zero-order chi connectivity index (χ0) is 17.1. The molecule has 25 heavy (non-hydrogen) atoms. The van der Waals surface area contributed by atoms with Crippen LogP contribution in [0, 0.1) is 5.92 Å². The molecule has 3 aromatic rings. The van der Waals surface area contributed by atoms with E-state index in [1.807, 2.05) is 41.2 Å². The second-order valence-electron chi connectivity index (χ2n) is 6.14. The van der Waals surface area contributed by atoms with E-state index >= 15 is 0 Å². The minimum atomic E-state index is -0.165. The monoisotopic (exact) mass is 340 g/mol. The summed E-state index contributed by atoms with van der Waals surface area (Å²) >= 11 is 0. The van der Waals surface area contributed by atoms with Gasteiger partial charge in [0.15, 0.2) is 5.82 Å². The summed E-state index contributed by atoms with van der Waals surface area (Å²) < 4.78 is 18.4. The Morgan fingerprint density at radius 2 is 2.16 bits per heavy atom. The van der Waals surface area contributed by atoms with Gasteiger partial charge in [0.1, 0.15) is 11.9 Å². The second kappa shape index (κ2) is 7.06. The van der Waals surface area contributed by atoms with Crippen LogP contribution in [0.3, 0.4) is 0 Å². The number of methoxy groups -OCH3 is 1. The molecule has 1 aliphatic rings. The molecule has 0 spiro atoms.